The van der Waals surface area contributed by atoms with Gasteiger partial charge < -0.3 is 10.2 Å². The zero-order chi connectivity index (χ0) is 15.5. The van der Waals surface area contributed by atoms with E-state index in [1.165, 1.54) is 12.8 Å². The van der Waals surface area contributed by atoms with Gasteiger partial charge in [0.2, 0.25) is 10.0 Å². The third-order valence-corrected chi connectivity index (χ3v) is 5.39. The minimum atomic E-state index is -3.46. The van der Waals surface area contributed by atoms with Crippen molar-refractivity contribution in [3.05, 3.63) is 29.8 Å². The van der Waals surface area contributed by atoms with Crippen molar-refractivity contribution in [3.63, 3.8) is 0 Å². The minimum absolute atomic E-state index is 0.150. The first-order valence-corrected chi connectivity index (χ1v) is 8.86. The molecule has 1 fully saturated rings. The Morgan fingerprint density at radius 3 is 2.57 bits per heavy atom. The van der Waals surface area contributed by atoms with E-state index < -0.39 is 10.0 Å². The van der Waals surface area contributed by atoms with Crippen molar-refractivity contribution < 1.29 is 8.42 Å². The van der Waals surface area contributed by atoms with Crippen LogP contribution in [-0.4, -0.2) is 46.0 Å². The lowest BCUT2D eigenvalue weighted by Gasteiger charge is -2.20. The molecule has 1 aliphatic rings. The summed E-state index contributed by atoms with van der Waals surface area (Å²) >= 11 is 0. The second-order valence-electron chi connectivity index (χ2n) is 5.93. The summed E-state index contributed by atoms with van der Waals surface area (Å²) in [5.74, 6) is 0. The Labute approximate surface area is 127 Å². The Balaban J connectivity index is 2.07. The van der Waals surface area contributed by atoms with Crippen molar-refractivity contribution in [1.29, 1.82) is 0 Å². The highest BCUT2D eigenvalue weighted by Crippen LogP contribution is 2.21. The van der Waals surface area contributed by atoms with E-state index in [4.69, 9.17) is 0 Å². The molecule has 5 nitrogen and oxygen atoms in total. The molecule has 6 heteroatoms. The lowest BCUT2D eigenvalue weighted by atomic mass is 10.2. The van der Waals surface area contributed by atoms with E-state index >= 15 is 0 Å². The van der Waals surface area contributed by atoms with Crippen molar-refractivity contribution in [2.24, 2.45) is 0 Å². The number of benzene rings is 1. The predicted octanol–water partition coefficient (Wildman–Crippen LogP) is 1.17. The van der Waals surface area contributed by atoms with E-state index in [-0.39, 0.29) is 6.04 Å². The van der Waals surface area contributed by atoms with Crippen molar-refractivity contribution in [1.82, 2.24) is 14.9 Å². The fraction of sp³-hybridized carbons (Fsp3) is 0.600. The summed E-state index contributed by atoms with van der Waals surface area (Å²) in [6.07, 6.45) is 2.38. The summed E-state index contributed by atoms with van der Waals surface area (Å²) in [5, 5.41) is 3.37. The van der Waals surface area contributed by atoms with Gasteiger partial charge in [0.05, 0.1) is 4.90 Å². The molecule has 0 heterocycles. The van der Waals surface area contributed by atoms with Gasteiger partial charge in [0.25, 0.3) is 0 Å². The molecule has 0 bridgehead atoms. The van der Waals surface area contributed by atoms with Gasteiger partial charge in [-0.3, -0.25) is 0 Å². The first-order valence-electron chi connectivity index (χ1n) is 7.37. The molecule has 1 aromatic carbocycles. The smallest absolute Gasteiger partial charge is 0.240 e. The molecule has 2 rings (SSSR count). The molecule has 1 atom stereocenters. The van der Waals surface area contributed by atoms with Crippen LogP contribution >= 0.6 is 0 Å². The zero-order valence-electron chi connectivity index (χ0n) is 13.0. The van der Waals surface area contributed by atoms with Crippen LogP contribution in [0.15, 0.2) is 29.2 Å². The number of rotatable bonds is 8. The first-order chi connectivity index (χ1) is 9.90. The largest absolute Gasteiger partial charge is 0.310 e. The van der Waals surface area contributed by atoms with E-state index in [1.807, 2.05) is 38.1 Å². The standard InChI is InChI=1S/C15H25N3O2S/c1-12(18(2)3)10-17-21(19,20)15-7-5-4-6-13(15)11-16-14-8-9-14/h4-7,12,14,16-17H,8-11H2,1-3H3. The average Bonchev–Trinajstić information content (AvgIpc) is 3.27. The molecule has 0 spiro atoms. The predicted molar refractivity (Wildman–Crippen MR) is 84.6 cm³/mol. The molecule has 0 aromatic heterocycles. The Kier molecular flexibility index (Phi) is 5.37. The molecule has 0 saturated heterocycles. The van der Waals surface area contributed by atoms with Crippen molar-refractivity contribution in [3.8, 4) is 0 Å². The third kappa shape index (κ3) is 4.78. The topological polar surface area (TPSA) is 61.4 Å². The second-order valence-corrected chi connectivity index (χ2v) is 7.66. The van der Waals surface area contributed by atoms with Crippen molar-refractivity contribution in [2.45, 2.75) is 43.3 Å². The Hall–Kier alpha value is -0.950. The van der Waals surface area contributed by atoms with Gasteiger partial charge in [-0.15, -0.1) is 0 Å². The number of likely N-dealkylation sites (N-methyl/N-ethyl adjacent to an activating group) is 1. The highest BCUT2D eigenvalue weighted by atomic mass is 32.2. The molecule has 0 radical (unpaired) electrons. The van der Waals surface area contributed by atoms with Gasteiger partial charge in [-0.05, 0) is 45.5 Å². The maximum absolute atomic E-state index is 12.5. The third-order valence-electron chi connectivity index (χ3n) is 3.87. The monoisotopic (exact) mass is 311 g/mol. The number of hydrogen-bond acceptors (Lipinski definition) is 4. The SMILES string of the molecule is CC(CNS(=O)(=O)c1ccccc1CNC1CC1)N(C)C. The van der Waals surface area contributed by atoms with Crippen LogP contribution in [0.4, 0.5) is 0 Å². The number of sulfonamides is 1. The molecular weight excluding hydrogens is 286 g/mol. The quantitative estimate of drug-likeness (QED) is 0.756. The molecule has 0 amide bonds. The normalized spacial score (nSPS) is 17.1. The van der Waals surface area contributed by atoms with Gasteiger partial charge in [0, 0.05) is 25.2 Å². The maximum atomic E-state index is 12.5. The second kappa shape index (κ2) is 6.87. The van der Waals surface area contributed by atoms with Crippen LogP contribution in [0.5, 0.6) is 0 Å². The first kappa shape index (κ1) is 16.4. The van der Waals surface area contributed by atoms with Crippen LogP contribution in [0.3, 0.4) is 0 Å². The lowest BCUT2D eigenvalue weighted by Crippen LogP contribution is -2.38. The summed E-state index contributed by atoms with van der Waals surface area (Å²) < 4.78 is 27.7. The highest BCUT2D eigenvalue weighted by Gasteiger charge is 2.23. The van der Waals surface area contributed by atoms with Crippen LogP contribution in [0, 0.1) is 0 Å². The highest BCUT2D eigenvalue weighted by molar-refractivity contribution is 7.89. The fourth-order valence-corrected chi connectivity index (χ4v) is 3.30. The Morgan fingerprint density at radius 2 is 1.95 bits per heavy atom. The molecular formula is C15H25N3O2S. The van der Waals surface area contributed by atoms with E-state index in [1.54, 1.807) is 12.1 Å². The van der Waals surface area contributed by atoms with E-state index in [0.29, 0.717) is 24.0 Å². The number of nitrogens with zero attached hydrogens (tertiary/aromatic N) is 1. The average molecular weight is 311 g/mol. The Morgan fingerprint density at radius 1 is 1.29 bits per heavy atom. The van der Waals surface area contributed by atoms with Gasteiger partial charge in [0.15, 0.2) is 0 Å². The summed E-state index contributed by atoms with van der Waals surface area (Å²) in [7, 11) is 0.410. The van der Waals surface area contributed by atoms with Crippen LogP contribution in [0.25, 0.3) is 0 Å². The van der Waals surface area contributed by atoms with Gasteiger partial charge >= 0.3 is 0 Å². The van der Waals surface area contributed by atoms with Crippen molar-refractivity contribution >= 4 is 10.0 Å². The van der Waals surface area contributed by atoms with Gasteiger partial charge in [-0.2, -0.15) is 0 Å². The van der Waals surface area contributed by atoms with E-state index in [2.05, 4.69) is 10.0 Å². The van der Waals surface area contributed by atoms with E-state index in [0.717, 1.165) is 5.56 Å². The number of nitrogens with one attached hydrogen (secondary N) is 2. The van der Waals surface area contributed by atoms with Gasteiger partial charge in [-0.25, -0.2) is 13.1 Å². The molecule has 1 aliphatic carbocycles. The van der Waals surface area contributed by atoms with Crippen LogP contribution in [0.1, 0.15) is 25.3 Å². The molecule has 21 heavy (non-hydrogen) atoms. The van der Waals surface area contributed by atoms with Crippen LogP contribution in [-0.2, 0) is 16.6 Å². The summed E-state index contributed by atoms with van der Waals surface area (Å²) in [5.41, 5.74) is 0.828. The molecule has 0 aliphatic heterocycles. The fourth-order valence-electron chi connectivity index (χ4n) is 1.94. The van der Waals surface area contributed by atoms with Crippen molar-refractivity contribution in [2.75, 3.05) is 20.6 Å². The Bertz CT molecular complexity index is 568. The van der Waals surface area contributed by atoms with Crippen LogP contribution in [0.2, 0.25) is 0 Å². The summed E-state index contributed by atoms with van der Waals surface area (Å²) in [4.78, 5) is 2.37. The van der Waals surface area contributed by atoms with E-state index in [9.17, 15) is 8.42 Å². The minimum Gasteiger partial charge on any atom is -0.310 e. The lowest BCUT2D eigenvalue weighted by molar-refractivity contribution is 0.314. The van der Waals surface area contributed by atoms with Gasteiger partial charge in [-0.1, -0.05) is 18.2 Å². The zero-order valence-corrected chi connectivity index (χ0v) is 13.8. The van der Waals surface area contributed by atoms with Crippen LogP contribution < -0.4 is 10.0 Å². The van der Waals surface area contributed by atoms with Gasteiger partial charge in [0.1, 0.15) is 0 Å². The summed E-state index contributed by atoms with van der Waals surface area (Å²) in [6, 6.07) is 7.90. The maximum Gasteiger partial charge on any atom is 0.240 e. The molecule has 1 unspecified atom stereocenters. The molecule has 1 saturated carbocycles. The molecule has 2 N–H and O–H groups in total. The molecule has 118 valence electrons. The number of hydrogen-bond donors (Lipinski definition) is 2. The summed E-state index contributed by atoms with van der Waals surface area (Å²) in [6.45, 7) is 2.99. The molecule has 1 aromatic rings.